The van der Waals surface area contributed by atoms with Crippen LogP contribution in [0.5, 0.6) is 0 Å². The second-order valence-electron chi connectivity index (χ2n) is 5.81. The average molecular weight is 291 g/mol. The second kappa shape index (κ2) is 5.64. The van der Waals surface area contributed by atoms with Crippen molar-refractivity contribution in [2.45, 2.75) is 39.2 Å². The van der Waals surface area contributed by atoms with Crippen LogP contribution in [-0.4, -0.2) is 41.4 Å². The standard InChI is InChI=1S/C16H23N3O2.H2/c1-4-19(13-7-9-21-10-8-13)16-11(2)14(17-18(16)3)15(20)12-5-6-12;/h5,13H,4,6-10H2,1-3H3;1H. The summed E-state index contributed by atoms with van der Waals surface area (Å²) in [4.78, 5) is 14.7. The maximum atomic E-state index is 12.3. The van der Waals surface area contributed by atoms with Crippen molar-refractivity contribution in [3.05, 3.63) is 22.9 Å². The molecule has 1 fully saturated rings. The normalized spacial score (nSPS) is 18.5. The molecule has 0 saturated carbocycles. The van der Waals surface area contributed by atoms with Crippen molar-refractivity contribution in [2.75, 3.05) is 24.7 Å². The van der Waals surface area contributed by atoms with E-state index < -0.39 is 0 Å². The summed E-state index contributed by atoms with van der Waals surface area (Å²) in [7, 11) is 1.93. The molecule has 1 aliphatic carbocycles. The molecular weight excluding hydrogens is 266 g/mol. The van der Waals surface area contributed by atoms with Crippen LogP contribution in [0.3, 0.4) is 0 Å². The first-order valence-corrected chi connectivity index (χ1v) is 7.75. The van der Waals surface area contributed by atoms with Crippen LogP contribution in [0.4, 0.5) is 5.82 Å². The number of anilines is 1. The Kier molecular flexibility index (Phi) is 3.85. The highest BCUT2D eigenvalue weighted by Crippen LogP contribution is 2.31. The molecule has 5 nitrogen and oxygen atoms in total. The van der Waals surface area contributed by atoms with Gasteiger partial charge >= 0.3 is 0 Å². The van der Waals surface area contributed by atoms with Crippen LogP contribution < -0.4 is 4.90 Å². The number of carbonyl (C=O) groups excluding carboxylic acids is 1. The summed E-state index contributed by atoms with van der Waals surface area (Å²) in [5.74, 6) is 1.17. The first kappa shape index (κ1) is 14.3. The molecule has 21 heavy (non-hydrogen) atoms. The molecule has 116 valence electrons. The Hall–Kier alpha value is -1.62. The van der Waals surface area contributed by atoms with Crippen molar-refractivity contribution >= 4 is 11.6 Å². The Bertz CT molecular complexity index is 588. The topological polar surface area (TPSA) is 47.4 Å². The second-order valence-corrected chi connectivity index (χ2v) is 5.81. The third kappa shape index (κ3) is 2.62. The number of allylic oxidation sites excluding steroid dienone is 2. The number of aryl methyl sites for hydroxylation is 1. The number of ether oxygens (including phenoxy) is 1. The Morgan fingerprint density at radius 2 is 2.19 bits per heavy atom. The van der Waals surface area contributed by atoms with Crippen LogP contribution >= 0.6 is 0 Å². The van der Waals surface area contributed by atoms with Crippen LogP contribution in [0.2, 0.25) is 0 Å². The highest BCUT2D eigenvalue weighted by molar-refractivity contribution is 6.11. The fourth-order valence-corrected chi connectivity index (χ4v) is 3.20. The van der Waals surface area contributed by atoms with Gasteiger partial charge in [-0.05, 0) is 33.1 Å². The minimum Gasteiger partial charge on any atom is -0.381 e. The largest absolute Gasteiger partial charge is 0.381 e. The fourth-order valence-electron chi connectivity index (χ4n) is 3.20. The van der Waals surface area contributed by atoms with Crippen LogP contribution in [0.1, 0.15) is 43.7 Å². The number of Topliss-reactive ketones (excluding diaryl/α,β-unsaturated/α-hetero) is 1. The van der Waals surface area contributed by atoms with Crippen molar-refractivity contribution in [3.8, 4) is 0 Å². The lowest BCUT2D eigenvalue weighted by atomic mass is 10.1. The molecule has 1 aromatic heterocycles. The number of rotatable bonds is 5. The quantitative estimate of drug-likeness (QED) is 0.782. The van der Waals surface area contributed by atoms with E-state index in [2.05, 4.69) is 16.9 Å². The molecule has 0 radical (unpaired) electrons. The zero-order valence-electron chi connectivity index (χ0n) is 13.1. The van der Waals surface area contributed by atoms with E-state index in [1.54, 1.807) is 0 Å². The van der Waals surface area contributed by atoms with E-state index in [1.807, 2.05) is 24.7 Å². The van der Waals surface area contributed by atoms with Crippen molar-refractivity contribution in [2.24, 2.45) is 7.05 Å². The zero-order valence-corrected chi connectivity index (χ0v) is 13.1. The van der Waals surface area contributed by atoms with E-state index in [9.17, 15) is 4.79 Å². The van der Waals surface area contributed by atoms with Crippen LogP contribution in [0.15, 0.2) is 11.6 Å². The number of hydrogen-bond acceptors (Lipinski definition) is 4. The highest BCUT2D eigenvalue weighted by atomic mass is 16.5. The average Bonchev–Trinajstić information content (AvgIpc) is 3.30. The maximum Gasteiger partial charge on any atom is 0.209 e. The smallest absolute Gasteiger partial charge is 0.209 e. The van der Waals surface area contributed by atoms with Gasteiger partial charge in [0.1, 0.15) is 11.5 Å². The summed E-state index contributed by atoms with van der Waals surface area (Å²) >= 11 is 0. The molecule has 1 saturated heterocycles. The van der Waals surface area contributed by atoms with Gasteiger partial charge in [0, 0.05) is 45.4 Å². The summed E-state index contributed by atoms with van der Waals surface area (Å²) < 4.78 is 7.33. The summed E-state index contributed by atoms with van der Waals surface area (Å²) in [6.07, 6.45) is 4.85. The molecule has 1 aromatic rings. The molecule has 2 aliphatic rings. The molecule has 3 rings (SSSR count). The number of carbonyl (C=O) groups is 1. The first-order valence-electron chi connectivity index (χ1n) is 7.75. The lowest BCUT2D eigenvalue weighted by Gasteiger charge is -2.35. The van der Waals surface area contributed by atoms with E-state index >= 15 is 0 Å². The predicted molar refractivity (Wildman–Crippen MR) is 84.0 cm³/mol. The van der Waals surface area contributed by atoms with Crippen LogP contribution in [0.25, 0.3) is 0 Å². The maximum absolute atomic E-state index is 12.3. The monoisotopic (exact) mass is 291 g/mol. The minimum atomic E-state index is 0. The van der Waals surface area contributed by atoms with Crippen molar-refractivity contribution in [1.82, 2.24) is 9.78 Å². The van der Waals surface area contributed by atoms with Crippen molar-refractivity contribution in [3.63, 3.8) is 0 Å². The van der Waals surface area contributed by atoms with Gasteiger partial charge < -0.3 is 9.64 Å². The lowest BCUT2D eigenvalue weighted by Crippen LogP contribution is -2.40. The molecule has 0 bridgehead atoms. The molecule has 0 atom stereocenters. The molecule has 1 aliphatic heterocycles. The summed E-state index contributed by atoms with van der Waals surface area (Å²) in [6.45, 7) is 6.72. The van der Waals surface area contributed by atoms with E-state index in [0.717, 1.165) is 56.0 Å². The van der Waals surface area contributed by atoms with Gasteiger partial charge in [-0.25, -0.2) is 0 Å². The molecule has 0 aromatic carbocycles. The Labute approximate surface area is 127 Å². The van der Waals surface area contributed by atoms with E-state index in [-0.39, 0.29) is 7.21 Å². The fraction of sp³-hybridized carbons (Fsp3) is 0.625. The van der Waals surface area contributed by atoms with Crippen molar-refractivity contribution in [1.29, 1.82) is 0 Å². The molecule has 0 amide bonds. The summed E-state index contributed by atoms with van der Waals surface area (Å²) in [6, 6.07) is 0.473. The Balaban J connectivity index is 0.00000176. The van der Waals surface area contributed by atoms with E-state index in [4.69, 9.17) is 4.74 Å². The lowest BCUT2D eigenvalue weighted by molar-refractivity contribution is 0.0843. The Morgan fingerprint density at radius 1 is 1.52 bits per heavy atom. The van der Waals surface area contributed by atoms with Gasteiger partial charge in [-0.3, -0.25) is 9.48 Å². The summed E-state index contributed by atoms with van der Waals surface area (Å²) in [5, 5.41) is 4.49. The first-order chi connectivity index (χ1) is 10.1. The van der Waals surface area contributed by atoms with Gasteiger partial charge in [0.2, 0.25) is 5.78 Å². The SMILES string of the molecule is CCN(c1c(C)c(C(=O)C2=CC2)nn1C)C1CCOCC1.[HH]. The molecule has 0 unspecified atom stereocenters. The number of nitrogens with zero attached hydrogens (tertiary/aromatic N) is 3. The molecular formula is C16H25N3O2. The van der Waals surface area contributed by atoms with Gasteiger partial charge in [-0.15, -0.1) is 0 Å². The minimum absolute atomic E-state index is 0. The number of ketones is 1. The van der Waals surface area contributed by atoms with Crippen LogP contribution in [-0.2, 0) is 11.8 Å². The zero-order chi connectivity index (χ0) is 15.0. The van der Waals surface area contributed by atoms with E-state index in [0.29, 0.717) is 11.7 Å². The number of aromatic nitrogens is 2. The van der Waals surface area contributed by atoms with Crippen molar-refractivity contribution < 1.29 is 11.0 Å². The molecule has 0 N–H and O–H groups in total. The van der Waals surface area contributed by atoms with Gasteiger partial charge in [0.05, 0.1) is 0 Å². The molecule has 5 heteroatoms. The van der Waals surface area contributed by atoms with Gasteiger partial charge in [0.15, 0.2) is 0 Å². The number of hydrogen-bond donors (Lipinski definition) is 0. The van der Waals surface area contributed by atoms with Gasteiger partial charge in [-0.2, -0.15) is 5.10 Å². The molecule has 0 spiro atoms. The van der Waals surface area contributed by atoms with Crippen LogP contribution in [0, 0.1) is 6.92 Å². The van der Waals surface area contributed by atoms with Gasteiger partial charge in [0.25, 0.3) is 0 Å². The third-order valence-corrected chi connectivity index (χ3v) is 4.41. The predicted octanol–water partition coefficient (Wildman–Crippen LogP) is 2.49. The molecule has 2 heterocycles. The Morgan fingerprint density at radius 3 is 2.76 bits per heavy atom. The van der Waals surface area contributed by atoms with E-state index in [1.165, 1.54) is 0 Å². The highest BCUT2D eigenvalue weighted by Gasteiger charge is 2.29. The van der Waals surface area contributed by atoms with Gasteiger partial charge in [-0.1, -0.05) is 6.08 Å². The third-order valence-electron chi connectivity index (χ3n) is 4.41. The summed E-state index contributed by atoms with van der Waals surface area (Å²) in [5.41, 5.74) is 2.52.